The molecule has 2 aliphatic rings. The van der Waals surface area contributed by atoms with Crippen LogP contribution in [0.2, 0.25) is 0 Å². The van der Waals surface area contributed by atoms with Gasteiger partial charge in [0.15, 0.2) is 0 Å². The van der Waals surface area contributed by atoms with Crippen LogP contribution >= 0.6 is 0 Å². The third-order valence-corrected chi connectivity index (χ3v) is 6.20. The summed E-state index contributed by atoms with van der Waals surface area (Å²) in [6, 6.07) is 0. The average Bonchev–Trinajstić information content (AvgIpc) is 2.87. The fourth-order valence-corrected chi connectivity index (χ4v) is 4.11. The molecule has 128 valence electrons. The smallest absolute Gasteiger partial charge is 0.0300 e. The highest BCUT2D eigenvalue weighted by atomic mass is 14.5. The molecule has 4 unspecified atom stereocenters. The summed E-state index contributed by atoms with van der Waals surface area (Å²) in [5.41, 5.74) is 1.25. The van der Waals surface area contributed by atoms with E-state index in [4.69, 9.17) is 0 Å². The molecule has 0 aromatic carbocycles. The Bertz CT molecular complexity index is 294. The van der Waals surface area contributed by atoms with Crippen molar-refractivity contribution in [1.29, 1.82) is 0 Å². The minimum Gasteiger partial charge on any atom is -0.124 e. The lowest BCUT2D eigenvalue weighted by Gasteiger charge is -2.33. The van der Waals surface area contributed by atoms with E-state index in [1.54, 1.807) is 0 Å². The topological polar surface area (TPSA) is 0 Å². The SMILES string of the molecule is C.C.C.C#C.CC(CC1CCC(C)C1(C)C)C1CC1(C)C. The van der Waals surface area contributed by atoms with E-state index in [0.29, 0.717) is 10.8 Å². The lowest BCUT2D eigenvalue weighted by Crippen LogP contribution is -2.25. The molecule has 0 bridgehead atoms. The zero-order chi connectivity index (χ0) is 14.1. The number of terminal acetylenes is 1. The minimum atomic E-state index is 0. The highest BCUT2D eigenvalue weighted by Crippen LogP contribution is 2.59. The summed E-state index contributed by atoms with van der Waals surface area (Å²) in [5, 5.41) is 0. The number of hydrogen-bond acceptors (Lipinski definition) is 0. The average molecular weight is 297 g/mol. The van der Waals surface area contributed by atoms with Crippen LogP contribution in [0.5, 0.6) is 0 Å². The van der Waals surface area contributed by atoms with Crippen LogP contribution in [-0.2, 0) is 0 Å². The molecule has 0 saturated heterocycles. The maximum absolute atomic E-state index is 4.00. The van der Waals surface area contributed by atoms with Crippen molar-refractivity contribution in [3.05, 3.63) is 0 Å². The van der Waals surface area contributed by atoms with Crippen LogP contribution in [0.1, 0.15) is 89.5 Å². The monoisotopic (exact) mass is 296 g/mol. The maximum atomic E-state index is 4.00. The second kappa shape index (κ2) is 8.87. The van der Waals surface area contributed by atoms with Crippen LogP contribution < -0.4 is 0 Å². The van der Waals surface area contributed by atoms with Crippen LogP contribution in [0.3, 0.4) is 0 Å². The second-order valence-corrected chi connectivity index (χ2v) is 8.01. The highest BCUT2D eigenvalue weighted by Gasteiger charge is 2.50. The third-order valence-electron chi connectivity index (χ3n) is 6.20. The zero-order valence-electron chi connectivity index (χ0n) is 13.3. The Labute approximate surface area is 137 Å². The lowest BCUT2D eigenvalue weighted by molar-refractivity contribution is 0.162. The molecule has 0 radical (unpaired) electrons. The van der Waals surface area contributed by atoms with Gasteiger partial charge in [-0.2, -0.15) is 0 Å². The van der Waals surface area contributed by atoms with Gasteiger partial charge in [-0.3, -0.25) is 0 Å². The summed E-state index contributed by atoms with van der Waals surface area (Å²) in [4.78, 5) is 0. The van der Waals surface area contributed by atoms with E-state index in [2.05, 4.69) is 54.4 Å². The van der Waals surface area contributed by atoms with Crippen molar-refractivity contribution >= 4 is 0 Å². The Balaban J connectivity index is -0.000000621. The molecule has 0 aliphatic heterocycles. The Morgan fingerprint density at radius 3 is 1.71 bits per heavy atom. The van der Waals surface area contributed by atoms with Crippen LogP contribution in [0.25, 0.3) is 0 Å². The molecule has 4 atom stereocenters. The molecule has 0 aromatic heterocycles. The molecule has 0 N–H and O–H groups in total. The van der Waals surface area contributed by atoms with E-state index in [9.17, 15) is 0 Å². The lowest BCUT2D eigenvalue weighted by atomic mass is 9.72. The van der Waals surface area contributed by atoms with Crippen molar-refractivity contribution in [2.45, 2.75) is 89.5 Å². The van der Waals surface area contributed by atoms with E-state index in [1.807, 2.05) is 0 Å². The van der Waals surface area contributed by atoms with Crippen LogP contribution in [0.4, 0.5) is 0 Å². The molecule has 21 heavy (non-hydrogen) atoms. The van der Waals surface area contributed by atoms with Crippen molar-refractivity contribution in [3.63, 3.8) is 0 Å². The van der Waals surface area contributed by atoms with Crippen molar-refractivity contribution in [1.82, 2.24) is 0 Å². The van der Waals surface area contributed by atoms with Gasteiger partial charge < -0.3 is 0 Å². The minimum absolute atomic E-state index is 0. The van der Waals surface area contributed by atoms with Gasteiger partial charge in [-0.1, -0.05) is 63.8 Å². The largest absolute Gasteiger partial charge is 0.124 e. The molecule has 0 heterocycles. The van der Waals surface area contributed by atoms with E-state index < -0.39 is 0 Å². The first-order chi connectivity index (χ1) is 8.25. The van der Waals surface area contributed by atoms with Gasteiger partial charge in [0.2, 0.25) is 0 Å². The fraction of sp³-hybridized carbons (Fsp3) is 0.905. The van der Waals surface area contributed by atoms with E-state index >= 15 is 0 Å². The first kappa shape index (κ1) is 25.5. The van der Waals surface area contributed by atoms with E-state index in [0.717, 1.165) is 23.7 Å². The maximum Gasteiger partial charge on any atom is -0.0300 e. The van der Waals surface area contributed by atoms with Gasteiger partial charge in [-0.05, 0) is 60.2 Å². The summed E-state index contributed by atoms with van der Waals surface area (Å²) in [5.74, 6) is 3.87. The van der Waals surface area contributed by atoms with E-state index in [1.165, 1.54) is 25.7 Å². The normalized spacial score (nSPS) is 32.1. The summed E-state index contributed by atoms with van der Waals surface area (Å²) in [7, 11) is 0. The van der Waals surface area contributed by atoms with Crippen LogP contribution in [0, 0.1) is 47.3 Å². The molecule has 0 nitrogen and oxygen atoms in total. The first-order valence-corrected chi connectivity index (χ1v) is 7.58. The van der Waals surface area contributed by atoms with Gasteiger partial charge in [0.25, 0.3) is 0 Å². The van der Waals surface area contributed by atoms with Gasteiger partial charge >= 0.3 is 0 Å². The summed E-state index contributed by atoms with van der Waals surface area (Å²) >= 11 is 0. The highest BCUT2D eigenvalue weighted by molar-refractivity contribution is 4.99. The second-order valence-electron chi connectivity index (χ2n) is 8.01. The van der Waals surface area contributed by atoms with Crippen molar-refractivity contribution < 1.29 is 0 Å². The van der Waals surface area contributed by atoms with Gasteiger partial charge in [0.1, 0.15) is 0 Å². The predicted molar refractivity (Wildman–Crippen MR) is 101 cm³/mol. The zero-order valence-corrected chi connectivity index (χ0v) is 13.3. The molecule has 0 aromatic rings. The first-order valence-electron chi connectivity index (χ1n) is 7.58. The van der Waals surface area contributed by atoms with Crippen molar-refractivity contribution in [2.75, 3.05) is 0 Å². The van der Waals surface area contributed by atoms with Gasteiger partial charge in [0, 0.05) is 0 Å². The van der Waals surface area contributed by atoms with Crippen molar-refractivity contribution in [2.24, 2.45) is 34.5 Å². The Morgan fingerprint density at radius 1 is 1.00 bits per heavy atom. The predicted octanol–water partition coefficient (Wildman–Crippen LogP) is 7.29. The standard InChI is InChI=1S/C16H30.C2H2.3CH4/c1-11(14-10-15(14,3)4)9-13-8-7-12(2)16(13,5)6;1-2;;;/h11-14H,7-10H2,1-6H3;1-2H;3*1H4. The van der Waals surface area contributed by atoms with Gasteiger partial charge in [0.05, 0.1) is 0 Å². The number of hydrogen-bond donors (Lipinski definition) is 0. The molecule has 2 fully saturated rings. The summed E-state index contributed by atoms with van der Waals surface area (Å²) in [6.07, 6.45) is 13.9. The molecule has 2 saturated carbocycles. The van der Waals surface area contributed by atoms with Crippen LogP contribution in [0.15, 0.2) is 0 Å². The summed E-state index contributed by atoms with van der Waals surface area (Å²) in [6.45, 7) is 14.8. The molecular formula is C21H44. The third kappa shape index (κ3) is 5.36. The molecule has 0 amide bonds. The van der Waals surface area contributed by atoms with Gasteiger partial charge in [-0.25, -0.2) is 0 Å². The number of rotatable bonds is 3. The Morgan fingerprint density at radius 2 is 1.43 bits per heavy atom. The van der Waals surface area contributed by atoms with Crippen LogP contribution in [-0.4, -0.2) is 0 Å². The quantitative estimate of drug-likeness (QED) is 0.480. The Hall–Kier alpha value is -0.440. The molecule has 0 spiro atoms. The summed E-state index contributed by atoms with van der Waals surface area (Å²) < 4.78 is 0. The van der Waals surface area contributed by atoms with E-state index in [-0.39, 0.29) is 22.3 Å². The fourth-order valence-electron chi connectivity index (χ4n) is 4.11. The molecular weight excluding hydrogens is 252 g/mol. The Kier molecular flexibility index (Phi) is 10.8. The molecule has 2 rings (SSSR count). The van der Waals surface area contributed by atoms with Gasteiger partial charge in [-0.15, -0.1) is 12.8 Å². The van der Waals surface area contributed by atoms with Crippen molar-refractivity contribution in [3.8, 4) is 12.8 Å². The molecule has 0 heteroatoms. The molecule has 2 aliphatic carbocycles.